The molecule has 0 atom stereocenters. The normalized spacial score (nSPS) is 12.8. The number of nitrogens with one attached hydrogen (secondary N) is 2. The molecule has 2 amide bonds. The molecule has 4 rings (SSSR count). The van der Waals surface area contributed by atoms with Crippen molar-refractivity contribution in [1.29, 1.82) is 0 Å². The standard InChI is InChI=1S/C23H21N3O3/c27-22(16-7-8-16)25-18-11-9-17(10-12-18)23(28)26-19-5-3-6-21(14-19)29-15-20-4-1-2-13-24-20/h1-6,9-14,16H,7-8,15H2,(H,25,27)(H,26,28). The number of nitrogens with zero attached hydrogens (tertiary/aromatic N) is 1. The molecule has 1 saturated carbocycles. The van der Waals surface area contributed by atoms with Crippen LogP contribution in [0.1, 0.15) is 28.9 Å². The SMILES string of the molecule is O=C(Nc1cccc(OCc2ccccn2)c1)c1ccc(NC(=O)C2CC2)cc1. The first-order chi connectivity index (χ1) is 14.2. The van der Waals surface area contributed by atoms with E-state index >= 15 is 0 Å². The number of anilines is 2. The molecule has 3 aromatic rings. The molecule has 6 heteroatoms. The fourth-order valence-corrected chi connectivity index (χ4v) is 2.80. The summed E-state index contributed by atoms with van der Waals surface area (Å²) in [4.78, 5) is 28.5. The Bertz CT molecular complexity index is 999. The maximum Gasteiger partial charge on any atom is 0.255 e. The fraction of sp³-hybridized carbons (Fsp3) is 0.174. The topological polar surface area (TPSA) is 80.3 Å². The van der Waals surface area contributed by atoms with Crippen molar-refractivity contribution in [3.05, 3.63) is 84.2 Å². The molecule has 0 saturated heterocycles. The zero-order valence-electron chi connectivity index (χ0n) is 15.8. The summed E-state index contributed by atoms with van der Waals surface area (Å²) in [5, 5.41) is 5.73. The van der Waals surface area contributed by atoms with Gasteiger partial charge < -0.3 is 15.4 Å². The van der Waals surface area contributed by atoms with Crippen LogP contribution in [0.15, 0.2) is 72.9 Å². The van der Waals surface area contributed by atoms with Gasteiger partial charge in [0.05, 0.1) is 5.69 Å². The Hall–Kier alpha value is -3.67. The van der Waals surface area contributed by atoms with E-state index in [1.165, 1.54) is 0 Å². The summed E-state index contributed by atoms with van der Waals surface area (Å²) in [6.45, 7) is 0.353. The van der Waals surface area contributed by atoms with Gasteiger partial charge in [-0.15, -0.1) is 0 Å². The Balaban J connectivity index is 1.34. The van der Waals surface area contributed by atoms with Crippen molar-refractivity contribution in [2.75, 3.05) is 10.6 Å². The number of hydrogen-bond donors (Lipinski definition) is 2. The van der Waals surface area contributed by atoms with Crippen LogP contribution in [-0.2, 0) is 11.4 Å². The van der Waals surface area contributed by atoms with Crippen LogP contribution in [0, 0.1) is 5.92 Å². The molecule has 1 aliphatic carbocycles. The van der Waals surface area contributed by atoms with Crippen molar-refractivity contribution in [1.82, 2.24) is 4.98 Å². The number of rotatable bonds is 7. The second-order valence-electron chi connectivity index (χ2n) is 6.93. The van der Waals surface area contributed by atoms with E-state index in [1.54, 1.807) is 42.6 Å². The zero-order valence-corrected chi connectivity index (χ0v) is 15.8. The van der Waals surface area contributed by atoms with Crippen molar-refractivity contribution in [3.8, 4) is 5.75 Å². The lowest BCUT2D eigenvalue weighted by Crippen LogP contribution is -2.14. The van der Waals surface area contributed by atoms with Gasteiger partial charge in [0.2, 0.25) is 5.91 Å². The highest BCUT2D eigenvalue weighted by Crippen LogP contribution is 2.30. The Morgan fingerprint density at radius 2 is 1.76 bits per heavy atom. The first kappa shape index (κ1) is 18.7. The number of hydrogen-bond acceptors (Lipinski definition) is 4. The minimum absolute atomic E-state index is 0.0460. The molecule has 1 fully saturated rings. The quantitative estimate of drug-likeness (QED) is 0.635. The van der Waals surface area contributed by atoms with Crippen molar-refractivity contribution < 1.29 is 14.3 Å². The molecule has 1 aliphatic rings. The van der Waals surface area contributed by atoms with Crippen molar-refractivity contribution in [2.45, 2.75) is 19.4 Å². The number of aromatic nitrogens is 1. The van der Waals surface area contributed by atoms with E-state index in [1.807, 2.05) is 30.3 Å². The molecular weight excluding hydrogens is 366 g/mol. The van der Waals surface area contributed by atoms with E-state index in [9.17, 15) is 9.59 Å². The Morgan fingerprint density at radius 1 is 0.931 bits per heavy atom. The third kappa shape index (κ3) is 5.19. The summed E-state index contributed by atoms with van der Waals surface area (Å²) in [6, 6.07) is 19.7. The summed E-state index contributed by atoms with van der Waals surface area (Å²) in [7, 11) is 0. The average Bonchev–Trinajstić information content (AvgIpc) is 3.59. The molecule has 0 spiro atoms. The summed E-state index contributed by atoms with van der Waals surface area (Å²) in [6.07, 6.45) is 3.63. The molecule has 0 aliphatic heterocycles. The molecule has 2 N–H and O–H groups in total. The van der Waals surface area contributed by atoms with E-state index in [0.29, 0.717) is 29.3 Å². The molecule has 0 radical (unpaired) electrons. The van der Waals surface area contributed by atoms with E-state index in [0.717, 1.165) is 18.5 Å². The lowest BCUT2D eigenvalue weighted by molar-refractivity contribution is -0.117. The third-order valence-corrected chi connectivity index (χ3v) is 4.57. The first-order valence-electron chi connectivity index (χ1n) is 9.52. The van der Waals surface area contributed by atoms with Crippen LogP contribution < -0.4 is 15.4 Å². The summed E-state index contributed by atoms with van der Waals surface area (Å²) in [5.74, 6) is 0.605. The van der Waals surface area contributed by atoms with Gasteiger partial charge >= 0.3 is 0 Å². The van der Waals surface area contributed by atoms with Crippen LogP contribution >= 0.6 is 0 Å². The predicted molar refractivity (Wildman–Crippen MR) is 111 cm³/mol. The van der Waals surface area contributed by atoms with E-state index in [2.05, 4.69) is 15.6 Å². The van der Waals surface area contributed by atoms with Gasteiger partial charge in [0.25, 0.3) is 5.91 Å². The predicted octanol–water partition coefficient (Wildman–Crippen LogP) is 4.26. The summed E-state index contributed by atoms with van der Waals surface area (Å²) >= 11 is 0. The van der Waals surface area contributed by atoms with E-state index in [-0.39, 0.29) is 17.7 Å². The Labute approximate surface area is 168 Å². The van der Waals surface area contributed by atoms with Gasteiger partial charge in [0.1, 0.15) is 12.4 Å². The van der Waals surface area contributed by atoms with Gasteiger partial charge in [0, 0.05) is 35.1 Å². The highest BCUT2D eigenvalue weighted by Gasteiger charge is 2.29. The van der Waals surface area contributed by atoms with Gasteiger partial charge in [-0.1, -0.05) is 12.1 Å². The molecule has 1 heterocycles. The maximum atomic E-state index is 12.5. The highest BCUT2D eigenvalue weighted by atomic mass is 16.5. The summed E-state index contributed by atoms with van der Waals surface area (Å²) in [5.41, 5.74) is 2.67. The maximum absolute atomic E-state index is 12.5. The van der Waals surface area contributed by atoms with Crippen LogP contribution in [0.25, 0.3) is 0 Å². The molecule has 146 valence electrons. The van der Waals surface area contributed by atoms with Gasteiger partial charge in [-0.25, -0.2) is 0 Å². The number of pyridine rings is 1. The highest BCUT2D eigenvalue weighted by molar-refractivity contribution is 6.04. The molecule has 1 aromatic heterocycles. The van der Waals surface area contributed by atoms with Crippen molar-refractivity contribution in [3.63, 3.8) is 0 Å². The number of amides is 2. The first-order valence-corrected chi connectivity index (χ1v) is 9.52. The van der Waals surface area contributed by atoms with Gasteiger partial charge in [-0.2, -0.15) is 0 Å². The largest absolute Gasteiger partial charge is 0.487 e. The lowest BCUT2D eigenvalue weighted by atomic mass is 10.2. The fourth-order valence-electron chi connectivity index (χ4n) is 2.80. The van der Waals surface area contributed by atoms with Crippen LogP contribution in [0.2, 0.25) is 0 Å². The molecule has 29 heavy (non-hydrogen) atoms. The Kier molecular flexibility index (Phi) is 5.52. The minimum Gasteiger partial charge on any atom is -0.487 e. The number of carbonyl (C=O) groups excluding carboxylic acids is 2. The molecule has 6 nitrogen and oxygen atoms in total. The number of carbonyl (C=O) groups is 2. The lowest BCUT2D eigenvalue weighted by Gasteiger charge is -2.10. The minimum atomic E-state index is -0.230. The zero-order chi connectivity index (χ0) is 20.1. The van der Waals surface area contributed by atoms with E-state index in [4.69, 9.17) is 4.74 Å². The van der Waals surface area contributed by atoms with Crippen LogP contribution in [0.5, 0.6) is 5.75 Å². The van der Waals surface area contributed by atoms with E-state index < -0.39 is 0 Å². The van der Waals surface area contributed by atoms with Gasteiger partial charge in [-0.3, -0.25) is 14.6 Å². The number of ether oxygens (including phenoxy) is 1. The second-order valence-corrected chi connectivity index (χ2v) is 6.93. The smallest absolute Gasteiger partial charge is 0.255 e. The van der Waals surface area contributed by atoms with Crippen LogP contribution in [0.3, 0.4) is 0 Å². The number of benzene rings is 2. The van der Waals surface area contributed by atoms with Crippen molar-refractivity contribution >= 4 is 23.2 Å². The van der Waals surface area contributed by atoms with Gasteiger partial charge in [0.15, 0.2) is 0 Å². The second kappa shape index (κ2) is 8.56. The molecule has 0 unspecified atom stereocenters. The van der Waals surface area contributed by atoms with Crippen LogP contribution in [-0.4, -0.2) is 16.8 Å². The van der Waals surface area contributed by atoms with Crippen molar-refractivity contribution in [2.24, 2.45) is 5.92 Å². The average molecular weight is 387 g/mol. The van der Waals surface area contributed by atoms with Crippen LogP contribution in [0.4, 0.5) is 11.4 Å². The summed E-state index contributed by atoms with van der Waals surface area (Å²) < 4.78 is 5.74. The molecule has 2 aromatic carbocycles. The third-order valence-electron chi connectivity index (χ3n) is 4.57. The Morgan fingerprint density at radius 3 is 2.48 bits per heavy atom. The monoisotopic (exact) mass is 387 g/mol. The van der Waals surface area contributed by atoms with Gasteiger partial charge in [-0.05, 0) is 61.4 Å². The molecule has 0 bridgehead atoms. The molecular formula is C23H21N3O3.